The molecule has 0 aromatic carbocycles. The number of aromatic amines is 1. The molecule has 0 spiro atoms. The molecule has 1 heterocycles. The minimum Gasteiger partial charge on any atom is -0.367 e. The van der Waals surface area contributed by atoms with Gasteiger partial charge in [0.05, 0.1) is 0 Å². The highest BCUT2D eigenvalue weighted by molar-refractivity contribution is 5.75. The molecule has 0 bridgehead atoms. The first kappa shape index (κ1) is 12.8. The number of likely N-dealkylation sites (N-methyl/N-ethyl adjacent to an activating group) is 1. The van der Waals surface area contributed by atoms with Gasteiger partial charge in [-0.2, -0.15) is 0 Å². The highest BCUT2D eigenvalue weighted by Gasteiger charge is 2.09. The maximum absolute atomic E-state index is 11.7. The van der Waals surface area contributed by atoms with Gasteiger partial charge in [0.15, 0.2) is 0 Å². The van der Waals surface area contributed by atoms with Crippen LogP contribution in [0, 0.1) is 0 Å². The zero-order valence-electron chi connectivity index (χ0n) is 10.1. The summed E-state index contributed by atoms with van der Waals surface area (Å²) in [5.41, 5.74) is 6.85. The van der Waals surface area contributed by atoms with Gasteiger partial charge in [0.25, 0.3) is 0 Å². The van der Waals surface area contributed by atoms with E-state index in [0.29, 0.717) is 6.42 Å². The fourth-order valence-electron chi connectivity index (χ4n) is 1.48. The Hall–Kier alpha value is -1.29. The molecule has 0 aliphatic heterocycles. The predicted molar refractivity (Wildman–Crippen MR) is 65.0 cm³/mol. The third kappa shape index (κ3) is 4.49. The van der Waals surface area contributed by atoms with E-state index in [0.717, 1.165) is 19.4 Å². The second-order valence-corrected chi connectivity index (χ2v) is 4.30. The smallest absolute Gasteiger partial charge is 0.222 e. The van der Waals surface area contributed by atoms with Crippen molar-refractivity contribution in [3.05, 3.63) is 24.0 Å². The van der Waals surface area contributed by atoms with E-state index in [-0.39, 0.29) is 11.9 Å². The molecule has 4 nitrogen and oxygen atoms in total. The van der Waals surface area contributed by atoms with Crippen LogP contribution in [-0.4, -0.2) is 35.4 Å². The number of hydrogen-bond acceptors (Lipinski definition) is 2. The van der Waals surface area contributed by atoms with Crippen molar-refractivity contribution in [3.8, 4) is 0 Å². The maximum atomic E-state index is 11.7. The average molecular weight is 223 g/mol. The number of nitrogens with zero attached hydrogens (tertiary/aromatic N) is 1. The summed E-state index contributed by atoms with van der Waals surface area (Å²) in [5, 5.41) is 0. The van der Waals surface area contributed by atoms with Gasteiger partial charge in [-0.25, -0.2) is 0 Å². The number of H-pyrrole nitrogens is 1. The molecule has 90 valence electrons. The minimum absolute atomic E-state index is 0.0991. The molecule has 1 amide bonds. The van der Waals surface area contributed by atoms with Crippen LogP contribution in [0.5, 0.6) is 0 Å². The Labute approximate surface area is 96.8 Å². The van der Waals surface area contributed by atoms with E-state index >= 15 is 0 Å². The van der Waals surface area contributed by atoms with Gasteiger partial charge in [-0.1, -0.05) is 0 Å². The lowest BCUT2D eigenvalue weighted by Gasteiger charge is -2.17. The molecular weight excluding hydrogens is 202 g/mol. The van der Waals surface area contributed by atoms with Crippen molar-refractivity contribution in [1.29, 1.82) is 0 Å². The lowest BCUT2D eigenvalue weighted by molar-refractivity contribution is -0.130. The van der Waals surface area contributed by atoms with Crippen LogP contribution in [0.4, 0.5) is 0 Å². The Balaban J connectivity index is 2.23. The topological polar surface area (TPSA) is 62.1 Å². The molecule has 0 saturated carbocycles. The molecule has 1 atom stereocenters. The van der Waals surface area contributed by atoms with E-state index in [1.807, 2.05) is 32.4 Å². The summed E-state index contributed by atoms with van der Waals surface area (Å²) in [7, 11) is 1.84. The summed E-state index contributed by atoms with van der Waals surface area (Å²) in [6.45, 7) is 2.68. The normalized spacial score (nSPS) is 12.4. The van der Waals surface area contributed by atoms with Gasteiger partial charge in [0, 0.05) is 38.4 Å². The van der Waals surface area contributed by atoms with Gasteiger partial charge < -0.3 is 15.6 Å². The third-order valence-corrected chi connectivity index (χ3v) is 2.64. The fourth-order valence-corrected chi connectivity index (χ4v) is 1.48. The molecule has 4 heteroatoms. The largest absolute Gasteiger partial charge is 0.367 e. The molecule has 1 aromatic rings. The molecule has 16 heavy (non-hydrogen) atoms. The molecule has 1 rings (SSSR count). The summed E-state index contributed by atoms with van der Waals surface area (Å²) in [4.78, 5) is 16.4. The van der Waals surface area contributed by atoms with Gasteiger partial charge in [0.1, 0.15) is 0 Å². The second kappa shape index (κ2) is 6.33. The van der Waals surface area contributed by atoms with Crippen LogP contribution in [0.3, 0.4) is 0 Å². The molecule has 1 unspecified atom stereocenters. The van der Waals surface area contributed by atoms with Crippen LogP contribution in [0.25, 0.3) is 0 Å². The first-order valence-electron chi connectivity index (χ1n) is 5.71. The van der Waals surface area contributed by atoms with Gasteiger partial charge in [0.2, 0.25) is 5.91 Å². The number of nitrogens with two attached hydrogens (primary N) is 1. The summed E-state index contributed by atoms with van der Waals surface area (Å²) in [5.74, 6) is 0.174. The van der Waals surface area contributed by atoms with Crippen molar-refractivity contribution < 1.29 is 4.79 Å². The standard InChI is InChI=1S/C12H21N3O/c1-10(13)3-4-12(16)15(2)8-6-11-5-7-14-9-11/h5,7,9-10,14H,3-4,6,8,13H2,1-2H3. The number of rotatable bonds is 6. The van der Waals surface area contributed by atoms with Crippen LogP contribution >= 0.6 is 0 Å². The minimum atomic E-state index is 0.0991. The maximum Gasteiger partial charge on any atom is 0.222 e. The molecule has 0 radical (unpaired) electrons. The average Bonchev–Trinajstić information content (AvgIpc) is 2.75. The molecule has 0 fully saturated rings. The summed E-state index contributed by atoms with van der Waals surface area (Å²) >= 11 is 0. The monoisotopic (exact) mass is 223 g/mol. The number of nitrogens with one attached hydrogen (secondary N) is 1. The van der Waals surface area contributed by atoms with Gasteiger partial charge in [-0.05, 0) is 31.4 Å². The number of carbonyl (C=O) groups is 1. The number of aromatic nitrogens is 1. The summed E-state index contributed by atoms with van der Waals surface area (Å²) < 4.78 is 0. The highest BCUT2D eigenvalue weighted by Crippen LogP contribution is 2.02. The van der Waals surface area contributed by atoms with Gasteiger partial charge >= 0.3 is 0 Å². The molecular formula is C12H21N3O. The lowest BCUT2D eigenvalue weighted by Crippen LogP contribution is -2.30. The third-order valence-electron chi connectivity index (χ3n) is 2.64. The zero-order valence-corrected chi connectivity index (χ0v) is 10.1. The summed E-state index contributed by atoms with van der Waals surface area (Å²) in [6, 6.07) is 2.13. The van der Waals surface area contributed by atoms with E-state index in [9.17, 15) is 4.79 Å². The van der Waals surface area contributed by atoms with Crippen molar-refractivity contribution >= 4 is 5.91 Å². The van der Waals surface area contributed by atoms with Crippen LogP contribution in [0.1, 0.15) is 25.3 Å². The van der Waals surface area contributed by atoms with Gasteiger partial charge in [-0.15, -0.1) is 0 Å². The summed E-state index contributed by atoms with van der Waals surface area (Å²) in [6.07, 6.45) is 6.05. The number of amides is 1. The van der Waals surface area contributed by atoms with Crippen LogP contribution in [-0.2, 0) is 11.2 Å². The van der Waals surface area contributed by atoms with Crippen molar-refractivity contribution in [2.45, 2.75) is 32.2 Å². The van der Waals surface area contributed by atoms with E-state index < -0.39 is 0 Å². The molecule has 0 saturated heterocycles. The lowest BCUT2D eigenvalue weighted by atomic mass is 10.1. The first-order valence-corrected chi connectivity index (χ1v) is 5.71. The van der Waals surface area contributed by atoms with Gasteiger partial charge in [-0.3, -0.25) is 4.79 Å². The highest BCUT2D eigenvalue weighted by atomic mass is 16.2. The number of carbonyl (C=O) groups excluding carboxylic acids is 1. The van der Waals surface area contributed by atoms with Crippen molar-refractivity contribution in [3.63, 3.8) is 0 Å². The van der Waals surface area contributed by atoms with Crippen LogP contribution in [0.15, 0.2) is 18.5 Å². The first-order chi connectivity index (χ1) is 7.59. The van der Waals surface area contributed by atoms with E-state index in [2.05, 4.69) is 4.98 Å². The SMILES string of the molecule is CC(N)CCC(=O)N(C)CCc1cc[nH]c1. The van der Waals surface area contributed by atoms with Crippen molar-refractivity contribution in [2.24, 2.45) is 5.73 Å². The quantitative estimate of drug-likeness (QED) is 0.759. The molecule has 1 aromatic heterocycles. The van der Waals surface area contributed by atoms with Crippen LogP contribution in [0.2, 0.25) is 0 Å². The fraction of sp³-hybridized carbons (Fsp3) is 0.583. The Bertz CT molecular complexity index is 306. The zero-order chi connectivity index (χ0) is 12.0. The Kier molecular flexibility index (Phi) is 5.05. The van der Waals surface area contributed by atoms with Crippen LogP contribution < -0.4 is 5.73 Å². The number of hydrogen-bond donors (Lipinski definition) is 2. The van der Waals surface area contributed by atoms with Crippen molar-refractivity contribution in [2.75, 3.05) is 13.6 Å². The predicted octanol–water partition coefficient (Wildman–Crippen LogP) is 1.14. The van der Waals surface area contributed by atoms with E-state index in [1.54, 1.807) is 4.90 Å². The second-order valence-electron chi connectivity index (χ2n) is 4.30. The molecule has 3 N–H and O–H groups in total. The Morgan fingerprint density at radius 1 is 1.62 bits per heavy atom. The molecule has 0 aliphatic rings. The molecule has 0 aliphatic carbocycles. The Morgan fingerprint density at radius 2 is 2.38 bits per heavy atom. The van der Waals surface area contributed by atoms with Crippen molar-refractivity contribution in [1.82, 2.24) is 9.88 Å². The Morgan fingerprint density at radius 3 is 2.94 bits per heavy atom. The van der Waals surface area contributed by atoms with E-state index in [1.165, 1.54) is 5.56 Å². The van der Waals surface area contributed by atoms with E-state index in [4.69, 9.17) is 5.73 Å².